The highest BCUT2D eigenvalue weighted by Crippen LogP contribution is 2.50. The summed E-state index contributed by atoms with van der Waals surface area (Å²) in [5, 5.41) is 7.33. The molecule has 0 unspecified atom stereocenters. The zero-order valence-corrected chi connectivity index (χ0v) is 43.2. The van der Waals surface area contributed by atoms with Gasteiger partial charge in [0.2, 0.25) is 0 Å². The van der Waals surface area contributed by atoms with Crippen molar-refractivity contribution >= 4 is 45.4 Å². The first-order valence-corrected chi connectivity index (χ1v) is 26.8. The lowest BCUT2D eigenvalue weighted by Crippen LogP contribution is -2.54. The third kappa shape index (κ3) is 14.1. The summed E-state index contributed by atoms with van der Waals surface area (Å²) in [5.74, 6) is -4.20. The van der Waals surface area contributed by atoms with Crippen LogP contribution in [0.4, 0.5) is 13.6 Å². The molecule has 4 aliphatic rings. The molecule has 5 heterocycles. The summed E-state index contributed by atoms with van der Waals surface area (Å²) in [6.07, 6.45) is -8.67. The first-order chi connectivity index (χ1) is 36.0. The second-order valence-electron chi connectivity index (χ2n) is 18.0. The Morgan fingerprint density at radius 3 is 1.61 bits per heavy atom. The van der Waals surface area contributed by atoms with Crippen molar-refractivity contribution in [3.8, 4) is 11.5 Å². The minimum atomic E-state index is -4.75. The number of aromatic amines is 1. The van der Waals surface area contributed by atoms with Gasteiger partial charge in [-0.05, 0) is 70.9 Å². The van der Waals surface area contributed by atoms with E-state index in [9.17, 15) is 42.7 Å². The number of benzene rings is 2. The Hall–Kier alpha value is -6.57. The van der Waals surface area contributed by atoms with E-state index in [2.05, 4.69) is 22.1 Å². The summed E-state index contributed by atoms with van der Waals surface area (Å²) < 4.78 is 121. The molecule has 3 fully saturated rings. The monoisotopic (exact) mass is 1110 g/mol. The van der Waals surface area contributed by atoms with Gasteiger partial charge in [0.25, 0.3) is 5.56 Å². The number of nitrogens with zero attached hydrogens (tertiary/aromatic N) is 2. The maximum absolute atomic E-state index is 17.1. The number of alkyl halides is 2. The SMILES string of the molecule is C=C1C=CN([C@@H]2O[C@@H]3CO[P@](=O)(Oc4ccccc4)N[C@@H](C)C(=O)OCCCC(=O)O[C@@H]4[C@@H](CO[P@](=O)(Oc5ccccc5)N[C@@H](C)C(=O)OCCCC(=O)O[C@H]3[C@@]2(C)F)O[C@@H](n2ccc(=O)[nH]c2=O)[C@]4(C)F)C(=O)N1. The predicted octanol–water partition coefficient (Wildman–Crippen LogP) is 4.52. The molecule has 25 nitrogen and oxygen atoms in total. The van der Waals surface area contributed by atoms with Gasteiger partial charge in [-0.25, -0.2) is 27.5 Å². The Labute approximate surface area is 432 Å². The molecule has 2 amide bonds. The molecule has 0 radical (unpaired) electrons. The van der Waals surface area contributed by atoms with Crippen molar-refractivity contribution in [2.45, 2.75) is 114 Å². The van der Waals surface area contributed by atoms with Gasteiger partial charge in [0.1, 0.15) is 35.8 Å². The number of hydrogen-bond donors (Lipinski definition) is 4. The topological polar surface area (TPSA) is 306 Å². The van der Waals surface area contributed by atoms with Crippen LogP contribution in [0.15, 0.2) is 107 Å². The summed E-state index contributed by atoms with van der Waals surface area (Å²) in [5.41, 5.74) is -7.18. The first-order valence-electron chi connectivity index (χ1n) is 23.7. The quantitative estimate of drug-likeness (QED) is 0.150. The summed E-state index contributed by atoms with van der Waals surface area (Å²) in [6, 6.07) is 12.2. The molecule has 4 N–H and O–H groups in total. The molecule has 412 valence electrons. The summed E-state index contributed by atoms with van der Waals surface area (Å²) in [4.78, 5) is 94.3. The highest BCUT2D eigenvalue weighted by atomic mass is 31.2. The lowest BCUT2D eigenvalue weighted by atomic mass is 9.97. The van der Waals surface area contributed by atoms with Gasteiger partial charge in [0.15, 0.2) is 36.0 Å². The third-order valence-electron chi connectivity index (χ3n) is 11.9. The average molecular weight is 1110 g/mol. The number of carbonyl (C=O) groups excluding carboxylic acids is 5. The average Bonchev–Trinajstić information content (AvgIpc) is 3.75. The molecule has 29 heteroatoms. The Bertz CT molecular complexity index is 2870. The largest absolute Gasteiger partial charge is 0.465 e. The number of allylic oxidation sites excluding steroid dienone is 1. The van der Waals surface area contributed by atoms with E-state index in [4.69, 9.17) is 46.5 Å². The predicted molar refractivity (Wildman–Crippen MR) is 258 cm³/mol. The molecule has 12 atom stereocenters. The number of cyclic esters (lactones) is 2. The fourth-order valence-corrected chi connectivity index (χ4v) is 11.1. The van der Waals surface area contributed by atoms with E-state index in [1.54, 1.807) is 24.3 Å². The number of esters is 4. The lowest BCUT2D eigenvalue weighted by molar-refractivity contribution is -0.159. The van der Waals surface area contributed by atoms with Crippen LogP contribution in [0.2, 0.25) is 0 Å². The number of carbonyl (C=O) groups is 5. The fraction of sp³-hybridized carbons (Fsp3) is 0.468. The number of nitrogens with one attached hydrogen (secondary N) is 4. The summed E-state index contributed by atoms with van der Waals surface area (Å²) >= 11 is 0. The van der Waals surface area contributed by atoms with E-state index in [1.807, 2.05) is 4.98 Å². The van der Waals surface area contributed by atoms with E-state index >= 15 is 8.78 Å². The van der Waals surface area contributed by atoms with Gasteiger partial charge in [-0.1, -0.05) is 43.0 Å². The Balaban J connectivity index is 1.15. The van der Waals surface area contributed by atoms with Crippen LogP contribution in [-0.4, -0.2) is 125 Å². The molecule has 0 spiro atoms. The Kier molecular flexibility index (Phi) is 18.2. The third-order valence-corrected chi connectivity index (χ3v) is 15.2. The highest BCUT2D eigenvalue weighted by Gasteiger charge is 2.61. The van der Waals surface area contributed by atoms with Crippen LogP contribution < -0.4 is 35.8 Å². The molecule has 0 aliphatic carbocycles. The van der Waals surface area contributed by atoms with Gasteiger partial charge >= 0.3 is 51.1 Å². The van der Waals surface area contributed by atoms with Gasteiger partial charge < -0.3 is 42.8 Å². The number of H-pyrrole nitrogens is 1. The Morgan fingerprint density at radius 2 is 1.14 bits per heavy atom. The van der Waals surface area contributed by atoms with Gasteiger partial charge in [-0.3, -0.25) is 47.5 Å². The van der Waals surface area contributed by atoms with Crippen molar-refractivity contribution in [1.29, 1.82) is 0 Å². The van der Waals surface area contributed by atoms with E-state index in [0.29, 0.717) is 4.57 Å². The Morgan fingerprint density at radius 1 is 0.684 bits per heavy atom. The van der Waals surface area contributed by atoms with Crippen molar-refractivity contribution in [1.82, 2.24) is 29.9 Å². The van der Waals surface area contributed by atoms with Crippen LogP contribution in [-0.2, 0) is 65.8 Å². The molecule has 0 bridgehead atoms. The normalized spacial score (nSPS) is 33.9. The molecule has 76 heavy (non-hydrogen) atoms. The van der Waals surface area contributed by atoms with Crippen LogP contribution >= 0.6 is 15.5 Å². The number of ether oxygens (including phenoxy) is 6. The molecule has 7 rings (SSSR count). The number of urea groups is 1. The minimum absolute atomic E-state index is 0.00870. The van der Waals surface area contributed by atoms with Crippen molar-refractivity contribution in [3.05, 3.63) is 118 Å². The molecule has 4 aliphatic heterocycles. The molecule has 0 saturated carbocycles. The van der Waals surface area contributed by atoms with Crippen LogP contribution in [0.3, 0.4) is 0 Å². The van der Waals surface area contributed by atoms with Gasteiger partial charge in [-0.15, -0.1) is 0 Å². The number of aromatic nitrogens is 2. The van der Waals surface area contributed by atoms with Crippen LogP contribution in [0.1, 0.15) is 59.6 Å². The van der Waals surface area contributed by atoms with E-state index < -0.39 is 156 Å². The number of hydrogen-bond acceptors (Lipinski definition) is 19. The zero-order valence-electron chi connectivity index (χ0n) is 41.4. The summed E-state index contributed by atoms with van der Waals surface area (Å²) in [7, 11) is -9.48. The maximum atomic E-state index is 17.1. The van der Waals surface area contributed by atoms with E-state index in [0.717, 1.165) is 31.0 Å². The van der Waals surface area contributed by atoms with Gasteiger partial charge in [0, 0.05) is 37.0 Å². The van der Waals surface area contributed by atoms with Gasteiger partial charge in [-0.2, -0.15) is 10.2 Å². The standard InChI is InChI=1S/C47H56F2N6O19P2/c1-28-20-22-54(44(61)50-28)42-46(4,48)38-33(69-42)26-67-75(63,73-31-14-8-6-9-15-31)52-29(2)40(59)66-25-13-19-37(58)72-39-34(70-43(47(39,5)49)55-23-21-35(56)51-45(55)62)27-68-76(64,74-32-16-10-7-11-17-32)53-30(3)41(60)65-24-12-18-36(57)71-38/h6-11,14-17,20-23,29-30,33-34,38-39,42-43H,1,12-13,18-19,24-27H2,2-5H3,(H,50,61)(H,52,63)(H,53,64)(H,51,56,62)/t29-,30-,33+,34+,38+,39+,42+,43+,46+,47+,75-,76-/m0/s1. The van der Waals surface area contributed by atoms with Crippen LogP contribution in [0.5, 0.6) is 11.5 Å². The lowest BCUT2D eigenvalue weighted by Gasteiger charge is -2.34. The van der Waals surface area contributed by atoms with E-state index in [-0.39, 0.29) is 30.0 Å². The van der Waals surface area contributed by atoms with Crippen molar-refractivity contribution < 1.29 is 88.4 Å². The maximum Gasteiger partial charge on any atom is 0.459 e. The number of rotatable bonds is 6. The van der Waals surface area contributed by atoms with Crippen LogP contribution in [0.25, 0.3) is 0 Å². The molecular weight excluding hydrogens is 1050 g/mol. The minimum Gasteiger partial charge on any atom is -0.465 e. The first kappa shape index (κ1) is 57.1. The van der Waals surface area contributed by atoms with Crippen molar-refractivity contribution in [3.63, 3.8) is 0 Å². The van der Waals surface area contributed by atoms with Crippen molar-refractivity contribution in [2.75, 3.05) is 26.4 Å². The van der Waals surface area contributed by atoms with Gasteiger partial charge in [0.05, 0.1) is 26.4 Å². The fourth-order valence-electron chi connectivity index (χ4n) is 8.11. The molecule has 2 aromatic carbocycles. The number of halogens is 2. The van der Waals surface area contributed by atoms with E-state index in [1.165, 1.54) is 62.5 Å². The number of amides is 2. The van der Waals surface area contributed by atoms with Crippen molar-refractivity contribution in [2.24, 2.45) is 0 Å². The molecular formula is C47H56F2N6O19P2. The number of para-hydroxylation sites is 2. The smallest absolute Gasteiger partial charge is 0.459 e. The second kappa shape index (κ2) is 24.2. The molecule has 3 aromatic rings. The van der Waals surface area contributed by atoms with Crippen LogP contribution in [0, 0.1) is 0 Å². The number of fused-ring (bicyclic) bond motifs is 2. The molecule has 3 saturated heterocycles. The highest BCUT2D eigenvalue weighted by molar-refractivity contribution is 7.52. The summed E-state index contributed by atoms with van der Waals surface area (Å²) in [6.45, 7) is 5.43. The molecule has 1 aromatic heterocycles. The zero-order chi connectivity index (χ0) is 55.0. The second-order valence-corrected chi connectivity index (χ2v) is 21.4.